The predicted octanol–water partition coefficient (Wildman–Crippen LogP) is 5.59. The number of carbonyl (C=O) groups is 1. The van der Waals surface area contributed by atoms with Crippen LogP contribution in [0.3, 0.4) is 0 Å². The minimum Gasteiger partial charge on any atom is -0.467 e. The highest BCUT2D eigenvalue weighted by Crippen LogP contribution is 2.38. The van der Waals surface area contributed by atoms with Crippen molar-refractivity contribution in [3.05, 3.63) is 82.2 Å². The molecule has 222 valence electrons. The van der Waals surface area contributed by atoms with Crippen molar-refractivity contribution in [3.63, 3.8) is 0 Å². The Hall–Kier alpha value is -2.98. The maximum Gasteiger partial charge on any atom is 0.335 e. The summed E-state index contributed by atoms with van der Waals surface area (Å²) < 4.78 is 37.4. The number of methoxy groups -OCH3 is 1. The average molecular weight is 568 g/mol. The lowest BCUT2D eigenvalue weighted by molar-refractivity contribution is -0.329. The smallest absolute Gasteiger partial charge is 0.335 e. The predicted molar refractivity (Wildman–Crippen MR) is 151 cm³/mol. The lowest BCUT2D eigenvalue weighted by atomic mass is 9.85. The second-order valence-electron chi connectivity index (χ2n) is 10.8. The summed E-state index contributed by atoms with van der Waals surface area (Å²) in [4.78, 5) is 16.0. The van der Waals surface area contributed by atoms with Crippen LogP contribution >= 0.6 is 0 Å². The van der Waals surface area contributed by atoms with E-state index in [2.05, 4.69) is 10.0 Å². The van der Waals surface area contributed by atoms with E-state index in [0.717, 1.165) is 11.1 Å². The molecule has 0 saturated carbocycles. The van der Waals surface area contributed by atoms with E-state index in [0.29, 0.717) is 19.6 Å². The van der Waals surface area contributed by atoms with Crippen LogP contribution in [0.2, 0.25) is 0 Å². The summed E-state index contributed by atoms with van der Waals surface area (Å²) in [5.41, 5.74) is 11.2. The van der Waals surface area contributed by atoms with Crippen LogP contribution in [-0.2, 0) is 46.4 Å². The van der Waals surface area contributed by atoms with Gasteiger partial charge in [-0.3, -0.25) is 0 Å². The van der Waals surface area contributed by atoms with Crippen molar-refractivity contribution in [1.82, 2.24) is 0 Å². The fraction of sp³-hybridized carbons (Fsp3) is 0.581. The molecule has 0 amide bonds. The number of azide groups is 1. The molecule has 2 aliphatic heterocycles. The number of ether oxygens (including phenoxy) is 6. The van der Waals surface area contributed by atoms with Crippen LogP contribution in [-0.4, -0.2) is 62.0 Å². The Morgan fingerprint density at radius 3 is 2.00 bits per heavy atom. The third kappa shape index (κ3) is 7.46. The maximum atomic E-state index is 12.9. The number of nitrogens with zero attached hydrogens (tertiary/aromatic N) is 3. The van der Waals surface area contributed by atoms with E-state index in [-0.39, 0.29) is 18.1 Å². The van der Waals surface area contributed by atoms with E-state index in [1.54, 1.807) is 0 Å². The second-order valence-corrected chi connectivity index (χ2v) is 10.8. The number of rotatable bonds is 11. The zero-order chi connectivity index (χ0) is 29.4. The van der Waals surface area contributed by atoms with Gasteiger partial charge in [-0.1, -0.05) is 86.5 Å². The SMILES string of the molecule is CCC1O[C@@H](C)C(N=[N+]=[N-])[C@@H](C)[C@@H]1O[C@@H]1OC(C(=O)OC)[C@@H](C)[C@@H](OCc2ccccc2)C1OCc1ccccc1. The van der Waals surface area contributed by atoms with Crippen LogP contribution < -0.4 is 0 Å². The number of hydrogen-bond donors (Lipinski definition) is 0. The molecular formula is C31H41N3O7. The first-order valence-electron chi connectivity index (χ1n) is 14.3. The van der Waals surface area contributed by atoms with E-state index < -0.39 is 48.6 Å². The second kappa shape index (κ2) is 14.8. The van der Waals surface area contributed by atoms with Crippen LogP contribution in [0.1, 0.15) is 45.2 Å². The van der Waals surface area contributed by atoms with Crippen molar-refractivity contribution in [2.45, 2.75) is 96.3 Å². The molecule has 2 aromatic carbocycles. The molecule has 0 spiro atoms. The summed E-state index contributed by atoms with van der Waals surface area (Å²) in [6, 6.07) is 19.2. The molecule has 10 nitrogen and oxygen atoms in total. The first kappa shape index (κ1) is 31.0. The Labute approximate surface area is 241 Å². The lowest BCUT2D eigenvalue weighted by Gasteiger charge is -2.48. The van der Waals surface area contributed by atoms with E-state index in [1.807, 2.05) is 88.4 Å². The van der Waals surface area contributed by atoms with E-state index in [9.17, 15) is 10.3 Å². The summed E-state index contributed by atoms with van der Waals surface area (Å²) in [6.45, 7) is 8.41. The molecule has 0 aliphatic carbocycles. The van der Waals surface area contributed by atoms with Gasteiger partial charge in [0.25, 0.3) is 0 Å². The summed E-state index contributed by atoms with van der Waals surface area (Å²) in [5, 5.41) is 4.00. The highest BCUT2D eigenvalue weighted by atomic mass is 16.7. The molecule has 10 heteroatoms. The van der Waals surface area contributed by atoms with Crippen LogP contribution in [0.25, 0.3) is 10.4 Å². The van der Waals surface area contributed by atoms with Crippen LogP contribution in [0.4, 0.5) is 0 Å². The summed E-state index contributed by atoms with van der Waals surface area (Å²) in [6.07, 6.45) is -3.52. The Bertz CT molecular complexity index is 1150. The van der Waals surface area contributed by atoms with Gasteiger partial charge in [-0.2, -0.15) is 0 Å². The van der Waals surface area contributed by atoms with Gasteiger partial charge in [-0.05, 0) is 35.9 Å². The molecule has 0 bridgehead atoms. The molecule has 10 atom stereocenters. The quantitative estimate of drug-likeness (QED) is 0.150. The van der Waals surface area contributed by atoms with E-state index in [4.69, 9.17) is 28.4 Å². The molecule has 2 aromatic rings. The molecule has 4 rings (SSSR count). The molecule has 2 saturated heterocycles. The topological polar surface area (TPSA) is 121 Å². The number of carbonyl (C=O) groups excluding carboxylic acids is 1. The third-order valence-corrected chi connectivity index (χ3v) is 8.04. The molecule has 0 radical (unpaired) electrons. The third-order valence-electron chi connectivity index (χ3n) is 8.04. The first-order valence-corrected chi connectivity index (χ1v) is 14.3. The average Bonchev–Trinajstić information content (AvgIpc) is 3.00. The van der Waals surface area contributed by atoms with Gasteiger partial charge < -0.3 is 28.4 Å². The molecule has 4 unspecified atom stereocenters. The van der Waals surface area contributed by atoms with E-state index in [1.165, 1.54) is 7.11 Å². The van der Waals surface area contributed by atoms with Crippen molar-refractivity contribution in [3.8, 4) is 0 Å². The monoisotopic (exact) mass is 567 g/mol. The minimum atomic E-state index is -0.981. The Morgan fingerprint density at radius 2 is 1.46 bits per heavy atom. The van der Waals surface area contributed by atoms with Crippen LogP contribution in [0.5, 0.6) is 0 Å². The van der Waals surface area contributed by atoms with Crippen molar-refractivity contribution in [2.24, 2.45) is 17.0 Å². The number of benzene rings is 2. The standard InChI is InChI=1S/C31H41N3O7/c1-6-24-26(19(2)25(33-34-32)21(4)39-24)40-31-29(38-18-23-15-11-8-12-16-23)27(20(3)28(41-31)30(35)36-5)37-17-22-13-9-7-10-14-22/h7-16,19-21,24-29,31H,6,17-18H2,1-5H3/t19-,20+,21+,24?,25?,26+,27-,28?,29?,31-/m1/s1. The normalized spacial score (nSPS) is 33.5. The van der Waals surface area contributed by atoms with Crippen molar-refractivity contribution < 1.29 is 33.2 Å². The number of esters is 1. The zero-order valence-electron chi connectivity index (χ0n) is 24.4. The fourth-order valence-corrected chi connectivity index (χ4v) is 5.77. The summed E-state index contributed by atoms with van der Waals surface area (Å²) >= 11 is 0. The van der Waals surface area contributed by atoms with Crippen LogP contribution in [0, 0.1) is 11.8 Å². The lowest BCUT2D eigenvalue weighted by Crippen LogP contribution is -2.61. The van der Waals surface area contributed by atoms with E-state index >= 15 is 0 Å². The highest BCUT2D eigenvalue weighted by Gasteiger charge is 2.52. The van der Waals surface area contributed by atoms with Crippen molar-refractivity contribution in [2.75, 3.05) is 7.11 Å². The molecular weight excluding hydrogens is 526 g/mol. The van der Waals surface area contributed by atoms with Gasteiger partial charge in [0.1, 0.15) is 6.10 Å². The molecule has 0 N–H and O–H groups in total. The minimum absolute atomic E-state index is 0.183. The van der Waals surface area contributed by atoms with Gasteiger partial charge in [0, 0.05) is 10.8 Å². The van der Waals surface area contributed by atoms with Crippen molar-refractivity contribution in [1.29, 1.82) is 0 Å². The number of hydrogen-bond acceptors (Lipinski definition) is 8. The summed E-state index contributed by atoms with van der Waals surface area (Å²) in [7, 11) is 1.34. The molecule has 2 aliphatic rings. The zero-order valence-corrected chi connectivity index (χ0v) is 24.4. The van der Waals surface area contributed by atoms with Crippen LogP contribution in [0.15, 0.2) is 65.8 Å². The van der Waals surface area contributed by atoms with Gasteiger partial charge in [0.15, 0.2) is 12.4 Å². The Balaban J connectivity index is 1.66. The maximum absolute atomic E-state index is 12.9. The van der Waals surface area contributed by atoms with Gasteiger partial charge in [-0.25, -0.2) is 4.79 Å². The van der Waals surface area contributed by atoms with Gasteiger partial charge in [0.2, 0.25) is 0 Å². The van der Waals surface area contributed by atoms with Crippen molar-refractivity contribution >= 4 is 5.97 Å². The Kier molecular flexibility index (Phi) is 11.2. The molecule has 2 heterocycles. The summed E-state index contributed by atoms with van der Waals surface area (Å²) in [5.74, 6) is -1.09. The van der Waals surface area contributed by atoms with Gasteiger partial charge in [-0.15, -0.1) is 0 Å². The Morgan fingerprint density at radius 1 is 0.878 bits per heavy atom. The molecule has 0 aromatic heterocycles. The largest absolute Gasteiger partial charge is 0.467 e. The molecule has 41 heavy (non-hydrogen) atoms. The van der Waals surface area contributed by atoms with Gasteiger partial charge >= 0.3 is 5.97 Å². The fourth-order valence-electron chi connectivity index (χ4n) is 5.77. The highest BCUT2D eigenvalue weighted by molar-refractivity contribution is 5.75. The van der Waals surface area contributed by atoms with Gasteiger partial charge in [0.05, 0.1) is 50.8 Å². The molecule has 2 fully saturated rings. The first-order chi connectivity index (χ1) is 19.9.